The van der Waals surface area contributed by atoms with E-state index in [4.69, 9.17) is 4.98 Å². The molecule has 0 spiro atoms. The standard InChI is InChI=1S/C15H22NP/c1-14(2,3)13-16-11-9-7-8-10-12(11)17(13)15(4,5)6/h7-10H,1-6H3. The quantitative estimate of drug-likeness (QED) is 0.617. The lowest BCUT2D eigenvalue weighted by Crippen LogP contribution is -2.14. The fourth-order valence-electron chi connectivity index (χ4n) is 2.21. The summed E-state index contributed by atoms with van der Waals surface area (Å²) in [6.07, 6.45) is 0. The summed E-state index contributed by atoms with van der Waals surface area (Å²) in [7, 11) is -0.303. The highest BCUT2D eigenvalue weighted by molar-refractivity contribution is 7.57. The third kappa shape index (κ3) is 2.26. The predicted molar refractivity (Wildman–Crippen MR) is 78.1 cm³/mol. The lowest BCUT2D eigenvalue weighted by Gasteiger charge is -2.26. The second kappa shape index (κ2) is 3.85. The van der Waals surface area contributed by atoms with Crippen LogP contribution >= 0.6 is 7.53 Å². The van der Waals surface area contributed by atoms with Gasteiger partial charge in [-0.1, -0.05) is 61.2 Å². The number of rotatable bonds is 0. The molecular weight excluding hydrogens is 225 g/mol. The Morgan fingerprint density at radius 3 is 2.06 bits per heavy atom. The summed E-state index contributed by atoms with van der Waals surface area (Å²) in [5.41, 5.74) is 2.75. The molecule has 92 valence electrons. The Morgan fingerprint density at radius 1 is 0.941 bits per heavy atom. The Labute approximate surface area is 105 Å². The van der Waals surface area contributed by atoms with E-state index in [0.717, 1.165) is 0 Å². The van der Waals surface area contributed by atoms with Crippen LogP contribution in [-0.4, -0.2) is 4.98 Å². The topological polar surface area (TPSA) is 12.9 Å². The maximum Gasteiger partial charge on any atom is 0.0749 e. The number of hydrogen-bond acceptors (Lipinski definition) is 1. The molecule has 0 aliphatic rings. The minimum atomic E-state index is -0.303. The lowest BCUT2D eigenvalue weighted by molar-refractivity contribution is 0.582. The van der Waals surface area contributed by atoms with E-state index in [1.165, 1.54) is 16.1 Å². The number of hydrogen-bond donors (Lipinski definition) is 0. The molecule has 1 aromatic heterocycles. The van der Waals surface area contributed by atoms with Gasteiger partial charge in [0.1, 0.15) is 0 Å². The summed E-state index contributed by atoms with van der Waals surface area (Å²) < 4.78 is 0. The van der Waals surface area contributed by atoms with Gasteiger partial charge in [-0.3, -0.25) is 0 Å². The Hall–Kier alpha value is -0.810. The van der Waals surface area contributed by atoms with Crippen LogP contribution in [0, 0.1) is 0 Å². The monoisotopic (exact) mass is 247 g/mol. The van der Waals surface area contributed by atoms with Crippen LogP contribution < -0.4 is 0 Å². The number of benzene rings is 1. The van der Waals surface area contributed by atoms with Crippen molar-refractivity contribution in [3.63, 3.8) is 0 Å². The first-order chi connectivity index (χ1) is 7.71. The third-order valence-corrected chi connectivity index (χ3v) is 6.30. The van der Waals surface area contributed by atoms with Gasteiger partial charge in [0.05, 0.1) is 10.9 Å². The SMILES string of the molecule is CC(C)(C)c1nc2ccccc2p1C(C)(C)C. The molecule has 0 saturated carbocycles. The highest BCUT2D eigenvalue weighted by Gasteiger charge is 2.29. The van der Waals surface area contributed by atoms with Crippen LogP contribution in [0.4, 0.5) is 0 Å². The summed E-state index contributed by atoms with van der Waals surface area (Å²) in [6.45, 7) is 13.8. The zero-order valence-electron chi connectivity index (χ0n) is 11.7. The fourth-order valence-corrected chi connectivity index (χ4v) is 5.26. The predicted octanol–water partition coefficient (Wildman–Crippen LogP) is 5.27. The van der Waals surface area contributed by atoms with E-state index in [-0.39, 0.29) is 18.1 Å². The third-order valence-electron chi connectivity index (χ3n) is 2.90. The highest BCUT2D eigenvalue weighted by Crippen LogP contribution is 2.56. The van der Waals surface area contributed by atoms with Gasteiger partial charge >= 0.3 is 0 Å². The Balaban J connectivity index is 2.84. The molecule has 0 aliphatic heterocycles. The molecule has 1 atom stereocenters. The fraction of sp³-hybridized carbons (Fsp3) is 0.533. The molecule has 2 aromatic rings. The largest absolute Gasteiger partial charge is 0.248 e. The van der Waals surface area contributed by atoms with Crippen LogP contribution in [0.5, 0.6) is 0 Å². The van der Waals surface area contributed by atoms with Crippen LogP contribution in [0.25, 0.3) is 10.6 Å². The summed E-state index contributed by atoms with van der Waals surface area (Å²) in [4.78, 5) is 4.92. The van der Waals surface area contributed by atoms with Crippen LogP contribution in [-0.2, 0) is 10.6 Å². The summed E-state index contributed by atoms with van der Waals surface area (Å²) in [5, 5.41) is 1.74. The zero-order chi connectivity index (χ0) is 12.8. The molecule has 1 aromatic carbocycles. The molecule has 0 fully saturated rings. The second-order valence-electron chi connectivity index (χ2n) is 6.68. The molecule has 1 unspecified atom stereocenters. The second-order valence-corrected chi connectivity index (χ2v) is 9.60. The van der Waals surface area contributed by atoms with E-state index >= 15 is 0 Å². The van der Waals surface area contributed by atoms with Crippen LogP contribution in [0.3, 0.4) is 0 Å². The van der Waals surface area contributed by atoms with Crippen molar-refractivity contribution in [2.24, 2.45) is 0 Å². The summed E-state index contributed by atoms with van der Waals surface area (Å²) in [6, 6.07) is 8.63. The van der Waals surface area contributed by atoms with E-state index in [1.807, 2.05) is 0 Å². The van der Waals surface area contributed by atoms with Gasteiger partial charge in [0.15, 0.2) is 0 Å². The van der Waals surface area contributed by atoms with Crippen molar-refractivity contribution in [3.05, 3.63) is 29.7 Å². The Morgan fingerprint density at radius 2 is 1.53 bits per heavy atom. The molecule has 0 bridgehead atoms. The van der Waals surface area contributed by atoms with Crippen LogP contribution in [0.15, 0.2) is 24.3 Å². The molecule has 17 heavy (non-hydrogen) atoms. The van der Waals surface area contributed by atoms with Gasteiger partial charge in [0, 0.05) is 15.7 Å². The van der Waals surface area contributed by atoms with Gasteiger partial charge in [-0.15, -0.1) is 0 Å². The molecule has 0 amide bonds. The number of fused-ring (bicyclic) bond motifs is 1. The van der Waals surface area contributed by atoms with Gasteiger partial charge in [-0.05, 0) is 12.1 Å². The number of para-hydroxylation sites is 1. The van der Waals surface area contributed by atoms with Gasteiger partial charge in [0.25, 0.3) is 0 Å². The number of aromatic nitrogens is 1. The van der Waals surface area contributed by atoms with Crippen molar-refractivity contribution < 1.29 is 0 Å². The minimum absolute atomic E-state index is 0.165. The van der Waals surface area contributed by atoms with Gasteiger partial charge < -0.3 is 0 Å². The van der Waals surface area contributed by atoms with Crippen molar-refractivity contribution >= 4 is 18.2 Å². The van der Waals surface area contributed by atoms with E-state index in [9.17, 15) is 0 Å². The maximum atomic E-state index is 4.92. The molecule has 0 N–H and O–H groups in total. The van der Waals surface area contributed by atoms with Crippen molar-refractivity contribution in [3.8, 4) is 0 Å². The van der Waals surface area contributed by atoms with Crippen molar-refractivity contribution in [1.29, 1.82) is 0 Å². The first-order valence-corrected chi connectivity index (χ1v) is 7.54. The Kier molecular flexibility index (Phi) is 2.86. The summed E-state index contributed by atoms with van der Waals surface area (Å²) >= 11 is 0. The molecule has 2 heteroatoms. The minimum Gasteiger partial charge on any atom is -0.248 e. The van der Waals surface area contributed by atoms with Crippen molar-refractivity contribution in [1.82, 2.24) is 4.98 Å². The van der Waals surface area contributed by atoms with E-state index in [1.54, 1.807) is 0 Å². The molecule has 0 aliphatic carbocycles. The Bertz CT molecular complexity index is 538. The smallest absolute Gasteiger partial charge is 0.0749 e. The normalized spacial score (nSPS) is 14.4. The zero-order valence-corrected chi connectivity index (χ0v) is 12.6. The number of nitrogens with zero attached hydrogens (tertiary/aromatic N) is 1. The average molecular weight is 247 g/mol. The molecule has 2 rings (SSSR count). The van der Waals surface area contributed by atoms with E-state index < -0.39 is 0 Å². The van der Waals surface area contributed by atoms with Crippen LogP contribution in [0.1, 0.15) is 47.0 Å². The first kappa shape index (κ1) is 12.6. The lowest BCUT2D eigenvalue weighted by atomic mass is 9.98. The average Bonchev–Trinajstić information content (AvgIpc) is 2.54. The molecule has 1 heterocycles. The van der Waals surface area contributed by atoms with Gasteiger partial charge in [0.2, 0.25) is 0 Å². The van der Waals surface area contributed by atoms with E-state index in [0.29, 0.717) is 0 Å². The van der Waals surface area contributed by atoms with E-state index in [2.05, 4.69) is 65.8 Å². The molecule has 0 radical (unpaired) electrons. The summed E-state index contributed by atoms with van der Waals surface area (Å²) in [5.74, 6) is 0. The van der Waals surface area contributed by atoms with Crippen molar-refractivity contribution in [2.75, 3.05) is 0 Å². The molecule has 0 saturated heterocycles. The highest BCUT2D eigenvalue weighted by atomic mass is 31.1. The first-order valence-electron chi connectivity index (χ1n) is 6.20. The van der Waals surface area contributed by atoms with Crippen molar-refractivity contribution in [2.45, 2.75) is 52.1 Å². The van der Waals surface area contributed by atoms with Gasteiger partial charge in [-0.25, -0.2) is 4.98 Å². The molecule has 1 nitrogen and oxygen atoms in total. The van der Waals surface area contributed by atoms with Gasteiger partial charge in [-0.2, -0.15) is 0 Å². The maximum absolute atomic E-state index is 4.92. The van der Waals surface area contributed by atoms with Crippen LogP contribution in [0.2, 0.25) is 0 Å². The molecular formula is C15H22NP.